The van der Waals surface area contributed by atoms with Gasteiger partial charge >= 0.3 is 12.2 Å². The Morgan fingerprint density at radius 3 is 2.76 bits per heavy atom. The van der Waals surface area contributed by atoms with Crippen LogP contribution in [0.5, 0.6) is 0 Å². The van der Waals surface area contributed by atoms with Crippen molar-refractivity contribution in [3.8, 4) is 0 Å². The number of likely N-dealkylation sites (tertiary alicyclic amines) is 1. The molecule has 0 atom stereocenters. The van der Waals surface area contributed by atoms with Gasteiger partial charge in [0.1, 0.15) is 18.2 Å². The number of carbonyl (C=O) groups is 2. The summed E-state index contributed by atoms with van der Waals surface area (Å²) in [5, 5.41) is 11.8. The number of aliphatic hydroxyl groups is 1. The van der Waals surface area contributed by atoms with E-state index in [4.69, 9.17) is 14.6 Å². The number of rotatable bonds is 1. The molecule has 1 spiro atoms. The molecule has 7 heteroatoms. The molecule has 0 aromatic heterocycles. The predicted molar refractivity (Wildman–Crippen MR) is 54.3 cm³/mol. The summed E-state index contributed by atoms with van der Waals surface area (Å²) in [6.45, 7) is 1.15. The molecule has 3 aliphatic rings. The molecule has 0 aromatic rings. The van der Waals surface area contributed by atoms with Crippen LogP contribution in [0.15, 0.2) is 0 Å². The third-order valence-electron chi connectivity index (χ3n) is 3.43. The highest BCUT2D eigenvalue weighted by molar-refractivity contribution is 5.74. The van der Waals surface area contributed by atoms with Crippen LogP contribution in [-0.4, -0.2) is 59.6 Å². The fourth-order valence-electron chi connectivity index (χ4n) is 2.33. The zero-order chi connectivity index (χ0) is 12.0. The topological polar surface area (TPSA) is 88.1 Å². The Balaban J connectivity index is 1.45. The molecule has 2 amide bonds. The molecular formula is C10H14N2O5. The van der Waals surface area contributed by atoms with Crippen molar-refractivity contribution in [3.63, 3.8) is 0 Å². The molecule has 1 saturated carbocycles. The van der Waals surface area contributed by atoms with Gasteiger partial charge in [-0.1, -0.05) is 0 Å². The Morgan fingerprint density at radius 1 is 1.53 bits per heavy atom. The molecule has 17 heavy (non-hydrogen) atoms. The van der Waals surface area contributed by atoms with Crippen LogP contribution in [0, 0.1) is 0 Å². The highest BCUT2D eigenvalue weighted by Gasteiger charge is 2.52. The molecule has 2 saturated heterocycles. The number of amides is 2. The van der Waals surface area contributed by atoms with Crippen LogP contribution in [0.1, 0.15) is 12.8 Å². The summed E-state index contributed by atoms with van der Waals surface area (Å²) in [4.78, 5) is 24.1. The van der Waals surface area contributed by atoms with Gasteiger partial charge in [0.2, 0.25) is 0 Å². The average molecular weight is 242 g/mol. The first-order chi connectivity index (χ1) is 8.06. The molecule has 0 bridgehead atoms. The van der Waals surface area contributed by atoms with Gasteiger partial charge in [0, 0.05) is 12.8 Å². The van der Waals surface area contributed by atoms with Gasteiger partial charge in [0.25, 0.3) is 0 Å². The van der Waals surface area contributed by atoms with E-state index in [1.165, 1.54) is 4.90 Å². The van der Waals surface area contributed by atoms with E-state index in [2.05, 4.69) is 5.32 Å². The molecule has 3 fully saturated rings. The van der Waals surface area contributed by atoms with Gasteiger partial charge in [-0.05, 0) is 0 Å². The van der Waals surface area contributed by atoms with Crippen molar-refractivity contribution in [1.29, 1.82) is 0 Å². The smallest absolute Gasteiger partial charge is 0.410 e. The van der Waals surface area contributed by atoms with Crippen LogP contribution in [0.25, 0.3) is 0 Å². The highest BCUT2D eigenvalue weighted by Crippen LogP contribution is 2.28. The molecule has 1 aliphatic carbocycles. The van der Waals surface area contributed by atoms with Crippen LogP contribution in [0.4, 0.5) is 9.59 Å². The van der Waals surface area contributed by atoms with Gasteiger partial charge in [0.15, 0.2) is 0 Å². The van der Waals surface area contributed by atoms with Crippen molar-refractivity contribution in [2.45, 2.75) is 30.6 Å². The van der Waals surface area contributed by atoms with E-state index in [-0.39, 0.29) is 18.3 Å². The third kappa shape index (κ3) is 1.80. The van der Waals surface area contributed by atoms with E-state index < -0.39 is 11.6 Å². The standard InChI is InChI=1S/C10H14N2O5/c13-6-1-7(2-6)17-9(15)12-3-10(4-12)5-16-8(14)11-10/h6-7,13H,1-5H2,(H,11,14)/t6-,7-. The molecule has 0 radical (unpaired) electrons. The predicted octanol–water partition coefficient (Wildman–Crippen LogP) is -0.560. The second kappa shape index (κ2) is 3.49. The summed E-state index contributed by atoms with van der Waals surface area (Å²) in [5.41, 5.74) is -0.408. The van der Waals surface area contributed by atoms with E-state index in [1.54, 1.807) is 0 Å². The van der Waals surface area contributed by atoms with Gasteiger partial charge in [-0.2, -0.15) is 0 Å². The molecule has 2 aliphatic heterocycles. The SMILES string of the molecule is O=C1NC2(CO1)CN(C(=O)O[C@H]1C[C@H](O)C1)C2. The van der Waals surface area contributed by atoms with Crippen LogP contribution in [-0.2, 0) is 9.47 Å². The fourth-order valence-corrected chi connectivity index (χ4v) is 2.33. The summed E-state index contributed by atoms with van der Waals surface area (Å²) in [6, 6.07) is 0. The van der Waals surface area contributed by atoms with Crippen molar-refractivity contribution >= 4 is 12.2 Å². The van der Waals surface area contributed by atoms with Crippen molar-refractivity contribution < 1.29 is 24.2 Å². The third-order valence-corrected chi connectivity index (χ3v) is 3.43. The number of nitrogens with zero attached hydrogens (tertiary/aromatic N) is 1. The molecule has 0 aromatic carbocycles. The van der Waals surface area contributed by atoms with Crippen LogP contribution in [0.2, 0.25) is 0 Å². The van der Waals surface area contributed by atoms with Crippen LogP contribution >= 0.6 is 0 Å². The summed E-state index contributed by atoms with van der Waals surface area (Å²) in [5.74, 6) is 0. The van der Waals surface area contributed by atoms with Gasteiger partial charge < -0.3 is 24.8 Å². The van der Waals surface area contributed by atoms with Crippen molar-refractivity contribution in [2.24, 2.45) is 0 Å². The quantitative estimate of drug-likeness (QED) is 0.643. The second-order valence-electron chi connectivity index (χ2n) is 4.97. The van der Waals surface area contributed by atoms with E-state index in [1.807, 2.05) is 0 Å². The number of hydrogen-bond donors (Lipinski definition) is 2. The van der Waals surface area contributed by atoms with E-state index in [0.29, 0.717) is 32.5 Å². The second-order valence-corrected chi connectivity index (χ2v) is 4.97. The van der Waals surface area contributed by atoms with Gasteiger partial charge in [-0.3, -0.25) is 0 Å². The summed E-state index contributed by atoms with van der Waals surface area (Å²) in [7, 11) is 0. The van der Waals surface area contributed by atoms with E-state index in [0.717, 1.165) is 0 Å². The van der Waals surface area contributed by atoms with E-state index >= 15 is 0 Å². The monoisotopic (exact) mass is 242 g/mol. The Bertz CT molecular complexity index is 360. The maximum atomic E-state index is 11.6. The lowest BCUT2D eigenvalue weighted by atomic mass is 9.91. The lowest BCUT2D eigenvalue weighted by Crippen LogP contribution is -2.70. The fraction of sp³-hybridized carbons (Fsp3) is 0.800. The Kier molecular flexibility index (Phi) is 2.19. The van der Waals surface area contributed by atoms with Crippen LogP contribution < -0.4 is 5.32 Å². The minimum absolute atomic E-state index is 0.163. The molecule has 2 heterocycles. The summed E-state index contributed by atoms with van der Waals surface area (Å²) in [6.07, 6.45) is -0.273. The van der Waals surface area contributed by atoms with Crippen LogP contribution in [0.3, 0.4) is 0 Å². The van der Waals surface area contributed by atoms with Crippen molar-refractivity contribution in [1.82, 2.24) is 10.2 Å². The molecule has 0 unspecified atom stereocenters. The summed E-state index contributed by atoms with van der Waals surface area (Å²) < 4.78 is 9.97. The Labute approximate surface area is 97.7 Å². The van der Waals surface area contributed by atoms with Gasteiger partial charge in [-0.15, -0.1) is 0 Å². The molecule has 94 valence electrons. The van der Waals surface area contributed by atoms with E-state index in [9.17, 15) is 9.59 Å². The van der Waals surface area contributed by atoms with Crippen molar-refractivity contribution in [2.75, 3.05) is 19.7 Å². The molecule has 3 rings (SSSR count). The zero-order valence-corrected chi connectivity index (χ0v) is 9.22. The normalized spacial score (nSPS) is 33.5. The first kappa shape index (κ1) is 10.6. The maximum absolute atomic E-state index is 11.6. The summed E-state index contributed by atoms with van der Waals surface area (Å²) >= 11 is 0. The maximum Gasteiger partial charge on any atom is 0.410 e. The van der Waals surface area contributed by atoms with Crippen molar-refractivity contribution in [3.05, 3.63) is 0 Å². The largest absolute Gasteiger partial charge is 0.447 e. The molecule has 2 N–H and O–H groups in total. The van der Waals surface area contributed by atoms with Gasteiger partial charge in [0.05, 0.1) is 19.2 Å². The highest BCUT2D eigenvalue weighted by atomic mass is 16.6. The first-order valence-corrected chi connectivity index (χ1v) is 5.65. The minimum Gasteiger partial charge on any atom is -0.447 e. The number of aliphatic hydroxyl groups excluding tert-OH is 1. The lowest BCUT2D eigenvalue weighted by molar-refractivity contribution is -0.0582. The number of ether oxygens (including phenoxy) is 2. The average Bonchev–Trinajstić information content (AvgIpc) is 2.56. The molecular weight excluding hydrogens is 228 g/mol. The Hall–Kier alpha value is -1.50. The number of alkyl carbamates (subject to hydrolysis) is 1. The number of nitrogens with one attached hydrogen (secondary N) is 1. The number of cyclic esters (lactones) is 1. The number of hydrogen-bond acceptors (Lipinski definition) is 5. The molecule has 7 nitrogen and oxygen atoms in total. The Morgan fingerprint density at radius 2 is 2.24 bits per heavy atom. The first-order valence-electron chi connectivity index (χ1n) is 5.65. The van der Waals surface area contributed by atoms with Gasteiger partial charge in [-0.25, -0.2) is 9.59 Å². The minimum atomic E-state index is -0.430. The lowest BCUT2D eigenvalue weighted by Gasteiger charge is -2.46. The number of carbonyl (C=O) groups excluding carboxylic acids is 2. The zero-order valence-electron chi connectivity index (χ0n) is 9.22.